The van der Waals surface area contributed by atoms with Gasteiger partial charge in [-0.15, -0.1) is 22.7 Å². The van der Waals surface area contributed by atoms with Gasteiger partial charge in [-0.05, 0) is 35.9 Å². The first-order valence-electron chi connectivity index (χ1n) is 8.35. The Balaban J connectivity index is 1.82. The fourth-order valence-corrected chi connectivity index (χ4v) is 4.47. The summed E-state index contributed by atoms with van der Waals surface area (Å²) in [7, 11) is 3.11. The number of fused-ring (bicyclic) bond motifs is 1. The first-order valence-corrected chi connectivity index (χ1v) is 10.1. The van der Waals surface area contributed by atoms with E-state index in [0.717, 1.165) is 4.88 Å². The number of esters is 1. The second kappa shape index (κ2) is 7.17. The number of anilines is 1. The average Bonchev–Trinajstić information content (AvgIpc) is 3.42. The Hall–Kier alpha value is -3.04. The molecule has 0 unspecified atom stereocenters. The fraction of sp³-hybridized carbons (Fsp3) is 0.158. The fourth-order valence-electron chi connectivity index (χ4n) is 3.02. The Labute approximate surface area is 168 Å². The minimum atomic E-state index is -0.484. The van der Waals surface area contributed by atoms with Crippen molar-refractivity contribution in [2.24, 2.45) is 7.05 Å². The van der Waals surface area contributed by atoms with E-state index in [0.29, 0.717) is 38.5 Å². The van der Waals surface area contributed by atoms with Crippen LogP contribution in [0.2, 0.25) is 0 Å². The maximum atomic E-state index is 13.2. The van der Waals surface area contributed by atoms with E-state index in [1.807, 2.05) is 24.4 Å². The third kappa shape index (κ3) is 3.08. The second-order valence-electron chi connectivity index (χ2n) is 6.05. The number of carbonyl (C=O) groups excluding carboxylic acids is 2. The number of carbonyl (C=O) groups is 2. The van der Waals surface area contributed by atoms with Crippen molar-refractivity contribution in [1.29, 1.82) is 0 Å². The normalized spacial score (nSPS) is 11.0. The summed E-state index contributed by atoms with van der Waals surface area (Å²) in [6.07, 6.45) is 0. The summed E-state index contributed by atoms with van der Waals surface area (Å²) in [5.41, 5.74) is 2.93. The lowest BCUT2D eigenvalue weighted by Crippen LogP contribution is -2.15. The van der Waals surface area contributed by atoms with E-state index < -0.39 is 5.97 Å². The van der Waals surface area contributed by atoms with Crippen molar-refractivity contribution >= 4 is 51.3 Å². The van der Waals surface area contributed by atoms with Gasteiger partial charge >= 0.3 is 5.97 Å². The summed E-state index contributed by atoms with van der Waals surface area (Å²) in [6, 6.07) is 7.35. The maximum Gasteiger partial charge on any atom is 0.350 e. The van der Waals surface area contributed by atoms with E-state index in [4.69, 9.17) is 9.72 Å². The van der Waals surface area contributed by atoms with Crippen LogP contribution in [0.3, 0.4) is 0 Å². The standard InChI is InChI=1S/C19H16N4O3S2/c1-10-15-11(18(24)21-12-6-8-28-16(12)19(25)26-3)9-13(14-5-4-7-27-14)20-17(15)23(2)22-10/h4-9H,1-3H3,(H,21,24). The van der Waals surface area contributed by atoms with Crippen LogP contribution in [0.4, 0.5) is 5.69 Å². The number of thiophene rings is 2. The van der Waals surface area contributed by atoms with Crippen LogP contribution >= 0.6 is 22.7 Å². The summed E-state index contributed by atoms with van der Waals surface area (Å²) in [6.45, 7) is 1.84. The van der Waals surface area contributed by atoms with Gasteiger partial charge in [-0.1, -0.05) is 6.07 Å². The van der Waals surface area contributed by atoms with Crippen LogP contribution in [-0.4, -0.2) is 33.8 Å². The number of aryl methyl sites for hydroxylation is 2. The summed E-state index contributed by atoms with van der Waals surface area (Å²) in [4.78, 5) is 31.1. The lowest BCUT2D eigenvalue weighted by atomic mass is 10.1. The van der Waals surface area contributed by atoms with Gasteiger partial charge in [-0.25, -0.2) is 9.78 Å². The molecule has 0 fully saturated rings. The molecule has 4 aromatic rings. The van der Waals surface area contributed by atoms with E-state index in [-0.39, 0.29) is 5.91 Å². The highest BCUT2D eigenvalue weighted by atomic mass is 32.1. The Morgan fingerprint density at radius 2 is 2.04 bits per heavy atom. The predicted molar refractivity (Wildman–Crippen MR) is 110 cm³/mol. The van der Waals surface area contributed by atoms with Crippen LogP contribution in [0.15, 0.2) is 35.0 Å². The van der Waals surface area contributed by atoms with Crippen LogP contribution < -0.4 is 5.32 Å². The monoisotopic (exact) mass is 412 g/mol. The van der Waals surface area contributed by atoms with Gasteiger partial charge in [0.05, 0.1) is 40.0 Å². The molecule has 0 aromatic carbocycles. The minimum Gasteiger partial charge on any atom is -0.465 e. The van der Waals surface area contributed by atoms with Crippen LogP contribution in [-0.2, 0) is 11.8 Å². The topological polar surface area (TPSA) is 86.1 Å². The maximum absolute atomic E-state index is 13.2. The largest absolute Gasteiger partial charge is 0.465 e. The number of nitrogens with zero attached hydrogens (tertiary/aromatic N) is 3. The van der Waals surface area contributed by atoms with Gasteiger partial charge in [0.1, 0.15) is 4.88 Å². The Morgan fingerprint density at radius 3 is 2.75 bits per heavy atom. The first-order chi connectivity index (χ1) is 13.5. The second-order valence-corrected chi connectivity index (χ2v) is 7.91. The predicted octanol–water partition coefficient (Wildman–Crippen LogP) is 4.11. The molecule has 0 spiro atoms. The third-order valence-corrected chi connectivity index (χ3v) is 6.06. The van der Waals surface area contributed by atoms with Gasteiger partial charge in [-0.3, -0.25) is 9.48 Å². The molecule has 0 aliphatic rings. The molecule has 0 aliphatic heterocycles. The van der Waals surface area contributed by atoms with Gasteiger partial charge in [-0.2, -0.15) is 5.10 Å². The number of hydrogen-bond donors (Lipinski definition) is 1. The Bertz CT molecular complexity index is 1190. The molecule has 9 heteroatoms. The lowest BCUT2D eigenvalue weighted by molar-refractivity contribution is 0.0607. The zero-order chi connectivity index (χ0) is 19.8. The van der Waals surface area contributed by atoms with Crippen molar-refractivity contribution < 1.29 is 14.3 Å². The molecule has 0 radical (unpaired) electrons. The molecule has 142 valence electrons. The van der Waals surface area contributed by atoms with E-state index in [9.17, 15) is 9.59 Å². The Morgan fingerprint density at radius 1 is 1.21 bits per heavy atom. The molecule has 4 heterocycles. The van der Waals surface area contributed by atoms with Gasteiger partial charge in [0.15, 0.2) is 5.65 Å². The number of pyridine rings is 1. The molecule has 0 saturated heterocycles. The number of hydrogen-bond acceptors (Lipinski definition) is 7. The molecule has 0 atom stereocenters. The van der Waals surface area contributed by atoms with Gasteiger partial charge < -0.3 is 10.1 Å². The van der Waals surface area contributed by atoms with Crippen LogP contribution in [0.5, 0.6) is 0 Å². The zero-order valence-corrected chi connectivity index (χ0v) is 17.0. The van der Waals surface area contributed by atoms with Crippen molar-refractivity contribution in [2.75, 3.05) is 12.4 Å². The highest BCUT2D eigenvalue weighted by molar-refractivity contribution is 7.13. The number of rotatable bonds is 4. The SMILES string of the molecule is COC(=O)c1sccc1NC(=O)c1cc(-c2cccs2)nc2c1c(C)nn2C. The number of nitrogens with one attached hydrogen (secondary N) is 1. The summed E-state index contributed by atoms with van der Waals surface area (Å²) < 4.78 is 6.45. The molecule has 0 saturated carbocycles. The number of methoxy groups -OCH3 is 1. The Kier molecular flexibility index (Phi) is 4.70. The van der Waals surface area contributed by atoms with Crippen molar-refractivity contribution in [3.8, 4) is 10.6 Å². The highest BCUT2D eigenvalue weighted by Gasteiger charge is 2.22. The molecule has 28 heavy (non-hydrogen) atoms. The molecule has 7 nitrogen and oxygen atoms in total. The molecule has 1 N–H and O–H groups in total. The smallest absolute Gasteiger partial charge is 0.350 e. The van der Waals surface area contributed by atoms with Gasteiger partial charge in [0.25, 0.3) is 5.91 Å². The van der Waals surface area contributed by atoms with Crippen molar-refractivity contribution in [2.45, 2.75) is 6.92 Å². The van der Waals surface area contributed by atoms with Crippen molar-refractivity contribution in [1.82, 2.24) is 14.8 Å². The van der Waals surface area contributed by atoms with E-state index in [1.54, 1.807) is 40.6 Å². The number of ether oxygens (including phenoxy) is 1. The van der Waals surface area contributed by atoms with Crippen molar-refractivity contribution in [3.63, 3.8) is 0 Å². The van der Waals surface area contributed by atoms with Gasteiger partial charge in [0.2, 0.25) is 0 Å². The molecule has 4 rings (SSSR count). The molecule has 0 bridgehead atoms. The van der Waals surface area contributed by atoms with Crippen molar-refractivity contribution in [3.05, 3.63) is 51.2 Å². The van der Waals surface area contributed by atoms with Crippen LogP contribution in [0.25, 0.3) is 21.6 Å². The molecule has 1 amide bonds. The van der Waals surface area contributed by atoms with Gasteiger partial charge in [0, 0.05) is 7.05 Å². The minimum absolute atomic E-state index is 0.329. The highest BCUT2D eigenvalue weighted by Crippen LogP contribution is 2.30. The van der Waals surface area contributed by atoms with E-state index in [1.165, 1.54) is 18.4 Å². The zero-order valence-electron chi connectivity index (χ0n) is 15.3. The van der Waals surface area contributed by atoms with E-state index >= 15 is 0 Å². The average molecular weight is 412 g/mol. The summed E-state index contributed by atoms with van der Waals surface area (Å²) in [5.74, 6) is -0.813. The third-order valence-electron chi connectivity index (χ3n) is 4.27. The van der Waals surface area contributed by atoms with E-state index in [2.05, 4.69) is 10.4 Å². The summed E-state index contributed by atoms with van der Waals surface area (Å²) >= 11 is 2.76. The quantitative estimate of drug-likeness (QED) is 0.510. The van der Waals surface area contributed by atoms with Crippen LogP contribution in [0, 0.1) is 6.92 Å². The number of aromatic nitrogens is 3. The number of amides is 1. The molecular formula is C19H16N4O3S2. The summed E-state index contributed by atoms with van der Waals surface area (Å²) in [5, 5.41) is 11.6. The van der Waals surface area contributed by atoms with Crippen LogP contribution in [0.1, 0.15) is 25.7 Å². The molecule has 0 aliphatic carbocycles. The molecule has 4 aromatic heterocycles. The first kappa shape index (κ1) is 18.3. The molecular weight excluding hydrogens is 396 g/mol. The lowest BCUT2D eigenvalue weighted by Gasteiger charge is -2.09.